The first kappa shape index (κ1) is 21.1. The third-order valence-corrected chi connectivity index (χ3v) is 6.56. The van der Waals surface area contributed by atoms with Crippen LogP contribution in [0.2, 0.25) is 0 Å². The molecule has 2 aromatic rings. The predicted octanol–water partition coefficient (Wildman–Crippen LogP) is 2.80. The van der Waals surface area contributed by atoms with Crippen LogP contribution in [0.1, 0.15) is 19.8 Å². The number of nitrogens with one attached hydrogen (secondary N) is 1. The Labute approximate surface area is 167 Å². The minimum atomic E-state index is -4.18. The molecule has 7 nitrogen and oxygen atoms in total. The third-order valence-electron chi connectivity index (χ3n) is 4.65. The lowest BCUT2D eigenvalue weighted by Gasteiger charge is -2.30. The minimum Gasteiger partial charge on any atom is -0.476 e. The van der Waals surface area contributed by atoms with Crippen molar-refractivity contribution in [2.24, 2.45) is 5.92 Å². The Hall–Kier alpha value is -2.59. The van der Waals surface area contributed by atoms with Gasteiger partial charge in [-0.2, -0.15) is 4.31 Å². The lowest BCUT2D eigenvalue weighted by Crippen LogP contribution is -2.41. The number of pyridine rings is 1. The number of carbonyl (C=O) groups is 1. The molecule has 1 N–H and O–H groups in total. The molecule has 1 saturated heterocycles. The van der Waals surface area contributed by atoms with Crippen LogP contribution in [-0.4, -0.2) is 43.3 Å². The number of halogens is 2. The second-order valence-electron chi connectivity index (χ2n) is 6.53. The summed E-state index contributed by atoms with van der Waals surface area (Å²) in [7, 11) is -4.18. The predicted molar refractivity (Wildman–Crippen MR) is 102 cm³/mol. The lowest BCUT2D eigenvalue weighted by molar-refractivity contribution is -0.120. The number of benzene rings is 1. The maximum absolute atomic E-state index is 13.9. The van der Waals surface area contributed by atoms with Gasteiger partial charge in [0.05, 0.1) is 6.61 Å². The topological polar surface area (TPSA) is 88.6 Å². The van der Waals surface area contributed by atoms with Crippen molar-refractivity contribution >= 4 is 21.6 Å². The Morgan fingerprint density at radius 3 is 2.69 bits per heavy atom. The molecule has 0 unspecified atom stereocenters. The fraction of sp³-hybridized carbons (Fsp3) is 0.368. The van der Waals surface area contributed by atoms with Crippen molar-refractivity contribution in [3.8, 4) is 5.88 Å². The van der Waals surface area contributed by atoms with Gasteiger partial charge in [-0.1, -0.05) is 0 Å². The zero-order chi connectivity index (χ0) is 21.0. The number of anilines is 1. The molecule has 156 valence electrons. The second-order valence-corrected chi connectivity index (χ2v) is 8.44. The van der Waals surface area contributed by atoms with E-state index in [0.717, 1.165) is 16.4 Å². The van der Waals surface area contributed by atoms with Gasteiger partial charge in [0, 0.05) is 25.2 Å². The number of ether oxygens (including phenoxy) is 1. The van der Waals surface area contributed by atoms with Crippen molar-refractivity contribution < 1.29 is 26.7 Å². The maximum Gasteiger partial charge on any atom is 0.246 e. The van der Waals surface area contributed by atoms with Gasteiger partial charge in [0.25, 0.3) is 0 Å². The van der Waals surface area contributed by atoms with E-state index in [2.05, 4.69) is 10.3 Å². The van der Waals surface area contributed by atoms with Gasteiger partial charge < -0.3 is 10.1 Å². The molecule has 3 rings (SSSR count). The summed E-state index contributed by atoms with van der Waals surface area (Å²) in [6, 6.07) is 5.65. The van der Waals surface area contributed by atoms with Gasteiger partial charge in [-0.25, -0.2) is 22.2 Å². The molecule has 0 radical (unpaired) electrons. The van der Waals surface area contributed by atoms with Crippen molar-refractivity contribution in [1.29, 1.82) is 0 Å². The normalized spacial score (nSPS) is 15.8. The molecule has 0 bridgehead atoms. The van der Waals surface area contributed by atoms with Crippen molar-refractivity contribution in [2.45, 2.75) is 24.7 Å². The van der Waals surface area contributed by atoms with E-state index in [1.54, 1.807) is 25.3 Å². The summed E-state index contributed by atoms with van der Waals surface area (Å²) < 4.78 is 59.0. The average molecular weight is 425 g/mol. The highest BCUT2D eigenvalue weighted by Crippen LogP contribution is 2.28. The molecule has 0 spiro atoms. The molecule has 10 heteroatoms. The molecule has 2 heterocycles. The van der Waals surface area contributed by atoms with E-state index in [1.807, 2.05) is 0 Å². The summed E-state index contributed by atoms with van der Waals surface area (Å²) in [6.45, 7) is 2.26. The number of hydrogen-bond donors (Lipinski definition) is 1. The molecule has 1 aliphatic heterocycles. The number of rotatable bonds is 6. The standard InChI is InChI=1S/C19H21F2N3O4S/c1-2-28-19-16(4-3-9-22-19)23-18(25)13-7-10-24(11-8-13)29(26,27)17-12-14(20)5-6-15(17)21/h3-6,9,12-13H,2,7-8,10-11H2,1H3,(H,23,25). The Bertz CT molecular complexity index is 993. The van der Waals surface area contributed by atoms with Crippen molar-refractivity contribution in [3.05, 3.63) is 48.2 Å². The second kappa shape index (κ2) is 8.83. The summed E-state index contributed by atoms with van der Waals surface area (Å²) in [5.41, 5.74) is 0.441. The Kier molecular flexibility index (Phi) is 6.43. The highest BCUT2D eigenvalue weighted by Gasteiger charge is 2.34. The number of carbonyl (C=O) groups excluding carboxylic acids is 1. The van der Waals surface area contributed by atoms with E-state index in [0.29, 0.717) is 24.2 Å². The number of aromatic nitrogens is 1. The monoisotopic (exact) mass is 425 g/mol. The zero-order valence-electron chi connectivity index (χ0n) is 15.8. The van der Waals surface area contributed by atoms with E-state index >= 15 is 0 Å². The molecule has 1 fully saturated rings. The van der Waals surface area contributed by atoms with Crippen molar-refractivity contribution in [1.82, 2.24) is 9.29 Å². The quantitative estimate of drug-likeness (QED) is 0.769. The fourth-order valence-corrected chi connectivity index (χ4v) is 4.69. The van der Waals surface area contributed by atoms with Crippen LogP contribution in [0, 0.1) is 17.6 Å². The zero-order valence-corrected chi connectivity index (χ0v) is 16.6. The summed E-state index contributed by atoms with van der Waals surface area (Å²) in [6.07, 6.45) is 2.06. The smallest absolute Gasteiger partial charge is 0.246 e. The van der Waals surface area contributed by atoms with Crippen LogP contribution in [0.15, 0.2) is 41.4 Å². The van der Waals surface area contributed by atoms with Crippen LogP contribution in [0.25, 0.3) is 0 Å². The van der Waals surface area contributed by atoms with Crippen LogP contribution in [0.5, 0.6) is 5.88 Å². The Morgan fingerprint density at radius 1 is 1.28 bits per heavy atom. The number of hydrogen-bond acceptors (Lipinski definition) is 5. The average Bonchev–Trinajstić information content (AvgIpc) is 2.71. The number of nitrogens with zero attached hydrogens (tertiary/aromatic N) is 2. The molecular formula is C19H21F2N3O4S. The van der Waals surface area contributed by atoms with Crippen molar-refractivity contribution in [2.75, 3.05) is 25.0 Å². The SMILES string of the molecule is CCOc1ncccc1NC(=O)C1CCN(S(=O)(=O)c2cc(F)ccc2F)CC1. The van der Waals surface area contributed by atoms with Gasteiger partial charge in [0.1, 0.15) is 22.2 Å². The van der Waals surface area contributed by atoms with Crippen LogP contribution < -0.4 is 10.1 Å². The molecule has 1 aromatic carbocycles. The molecule has 1 amide bonds. The van der Waals surface area contributed by atoms with Gasteiger partial charge in [-0.05, 0) is 50.1 Å². The first-order chi connectivity index (χ1) is 13.8. The summed E-state index contributed by atoms with van der Waals surface area (Å²) in [5, 5.41) is 2.76. The molecule has 0 saturated carbocycles. The van der Waals surface area contributed by atoms with Crippen LogP contribution in [0.4, 0.5) is 14.5 Å². The first-order valence-corrected chi connectivity index (χ1v) is 10.6. The molecule has 1 aliphatic rings. The van der Waals surface area contributed by atoms with Gasteiger partial charge >= 0.3 is 0 Å². The van der Waals surface area contributed by atoms with Crippen LogP contribution in [-0.2, 0) is 14.8 Å². The van der Waals surface area contributed by atoms with E-state index < -0.39 is 32.5 Å². The van der Waals surface area contributed by atoms with E-state index in [-0.39, 0.29) is 31.8 Å². The first-order valence-electron chi connectivity index (χ1n) is 9.16. The highest BCUT2D eigenvalue weighted by molar-refractivity contribution is 7.89. The molecule has 29 heavy (non-hydrogen) atoms. The van der Waals surface area contributed by atoms with Gasteiger partial charge in [-0.15, -0.1) is 0 Å². The molecule has 1 aromatic heterocycles. The minimum absolute atomic E-state index is 0.0295. The van der Waals surface area contributed by atoms with E-state index in [9.17, 15) is 22.0 Å². The largest absolute Gasteiger partial charge is 0.476 e. The highest BCUT2D eigenvalue weighted by atomic mass is 32.2. The maximum atomic E-state index is 13.9. The van der Waals surface area contributed by atoms with E-state index in [1.165, 1.54) is 0 Å². The third kappa shape index (κ3) is 4.70. The summed E-state index contributed by atoms with van der Waals surface area (Å²) in [5.74, 6) is -2.22. The fourth-order valence-electron chi connectivity index (χ4n) is 3.14. The van der Waals surface area contributed by atoms with Crippen LogP contribution in [0.3, 0.4) is 0 Å². The molecular weight excluding hydrogens is 404 g/mol. The number of sulfonamides is 1. The Morgan fingerprint density at radius 2 is 2.00 bits per heavy atom. The van der Waals surface area contributed by atoms with Crippen LogP contribution >= 0.6 is 0 Å². The molecule has 0 aliphatic carbocycles. The lowest BCUT2D eigenvalue weighted by atomic mass is 9.97. The number of amides is 1. The van der Waals surface area contributed by atoms with Gasteiger partial charge in [0.2, 0.25) is 21.8 Å². The number of piperidine rings is 1. The summed E-state index contributed by atoms with van der Waals surface area (Å²) in [4.78, 5) is 15.9. The van der Waals surface area contributed by atoms with Crippen molar-refractivity contribution in [3.63, 3.8) is 0 Å². The van der Waals surface area contributed by atoms with Gasteiger partial charge in [0.15, 0.2) is 0 Å². The summed E-state index contributed by atoms with van der Waals surface area (Å²) >= 11 is 0. The molecule has 0 atom stereocenters. The Balaban J connectivity index is 1.66. The van der Waals surface area contributed by atoms with Gasteiger partial charge in [-0.3, -0.25) is 4.79 Å². The van der Waals surface area contributed by atoms with E-state index in [4.69, 9.17) is 4.74 Å².